The summed E-state index contributed by atoms with van der Waals surface area (Å²) in [5, 5.41) is 0. The smallest absolute Gasteiger partial charge is 0.124 e. The second kappa shape index (κ2) is 7.08. The third-order valence-corrected chi connectivity index (χ3v) is 4.32. The Bertz CT molecular complexity index is 547. The topological polar surface area (TPSA) is 26.0 Å². The van der Waals surface area contributed by atoms with E-state index in [0.29, 0.717) is 0 Å². The number of hydrogen-bond acceptors (Lipinski definition) is 2. The first-order valence-corrected chi connectivity index (χ1v) is 7.80. The molecule has 0 radical (unpaired) electrons. The fourth-order valence-corrected chi connectivity index (χ4v) is 3.13. The van der Waals surface area contributed by atoms with E-state index in [9.17, 15) is 4.39 Å². The van der Waals surface area contributed by atoms with Crippen LogP contribution in [0.25, 0.3) is 0 Å². The Morgan fingerprint density at radius 1 is 1.16 bits per heavy atom. The second-order valence-electron chi connectivity index (χ2n) is 4.36. The molecule has 0 saturated heterocycles. The Kier molecular flexibility index (Phi) is 5.43. The molecular weight excluding hydrogens is 325 g/mol. The van der Waals surface area contributed by atoms with E-state index in [1.165, 1.54) is 17.7 Å². The maximum absolute atomic E-state index is 13.0. The predicted molar refractivity (Wildman–Crippen MR) is 82.9 cm³/mol. The Balaban J connectivity index is 1.86. The first-order valence-electron chi connectivity index (χ1n) is 6.02. The number of benzene rings is 2. The van der Waals surface area contributed by atoms with Crippen LogP contribution >= 0.6 is 27.7 Å². The van der Waals surface area contributed by atoms with Crippen LogP contribution in [-0.2, 0) is 6.42 Å². The van der Waals surface area contributed by atoms with Crippen molar-refractivity contribution in [2.24, 2.45) is 5.73 Å². The highest BCUT2D eigenvalue weighted by molar-refractivity contribution is 9.10. The van der Waals surface area contributed by atoms with Crippen LogP contribution < -0.4 is 5.73 Å². The minimum Gasteiger partial charge on any atom is -0.327 e. The SMILES string of the molecule is NC(CSc1cccc(F)c1)Cc1cccc(Br)c1. The van der Waals surface area contributed by atoms with Gasteiger partial charge in [-0.3, -0.25) is 0 Å². The van der Waals surface area contributed by atoms with Gasteiger partial charge in [0.15, 0.2) is 0 Å². The van der Waals surface area contributed by atoms with Crippen LogP contribution in [0, 0.1) is 5.82 Å². The third-order valence-electron chi connectivity index (χ3n) is 2.65. The van der Waals surface area contributed by atoms with Gasteiger partial charge in [0.05, 0.1) is 0 Å². The van der Waals surface area contributed by atoms with Gasteiger partial charge in [0, 0.05) is 21.2 Å². The summed E-state index contributed by atoms with van der Waals surface area (Å²) < 4.78 is 14.1. The van der Waals surface area contributed by atoms with Crippen LogP contribution in [0.1, 0.15) is 5.56 Å². The summed E-state index contributed by atoms with van der Waals surface area (Å²) in [5.74, 6) is 0.571. The van der Waals surface area contributed by atoms with E-state index in [1.54, 1.807) is 17.8 Å². The Hall–Kier alpha value is -0.840. The minimum atomic E-state index is -0.203. The van der Waals surface area contributed by atoms with Crippen LogP contribution in [0.5, 0.6) is 0 Å². The van der Waals surface area contributed by atoms with Gasteiger partial charge >= 0.3 is 0 Å². The summed E-state index contributed by atoms with van der Waals surface area (Å²) in [7, 11) is 0. The lowest BCUT2D eigenvalue weighted by atomic mass is 10.1. The van der Waals surface area contributed by atoms with Gasteiger partial charge in [-0.2, -0.15) is 0 Å². The maximum Gasteiger partial charge on any atom is 0.124 e. The molecule has 2 rings (SSSR count). The molecule has 1 nitrogen and oxygen atoms in total. The predicted octanol–water partition coefficient (Wildman–Crippen LogP) is 4.25. The van der Waals surface area contributed by atoms with Crippen molar-refractivity contribution in [1.82, 2.24) is 0 Å². The molecule has 4 heteroatoms. The number of rotatable bonds is 5. The van der Waals surface area contributed by atoms with Gasteiger partial charge in [0.1, 0.15) is 5.82 Å². The van der Waals surface area contributed by atoms with E-state index in [1.807, 2.05) is 18.2 Å². The second-order valence-corrected chi connectivity index (χ2v) is 6.37. The molecule has 0 heterocycles. The first-order chi connectivity index (χ1) is 9.13. The van der Waals surface area contributed by atoms with Crippen LogP contribution in [0.3, 0.4) is 0 Å². The Labute approximate surface area is 125 Å². The summed E-state index contributed by atoms with van der Waals surface area (Å²) in [5.41, 5.74) is 7.32. The molecule has 0 fully saturated rings. The van der Waals surface area contributed by atoms with Gasteiger partial charge in [-0.05, 0) is 42.3 Å². The van der Waals surface area contributed by atoms with Crippen molar-refractivity contribution in [1.29, 1.82) is 0 Å². The molecule has 0 aromatic heterocycles. The molecule has 0 spiro atoms. The lowest BCUT2D eigenvalue weighted by Crippen LogP contribution is -2.25. The number of hydrogen-bond donors (Lipinski definition) is 1. The number of halogens is 2. The Morgan fingerprint density at radius 3 is 2.68 bits per heavy atom. The molecule has 1 unspecified atom stereocenters. The summed E-state index contributed by atoms with van der Waals surface area (Å²) in [6.45, 7) is 0. The van der Waals surface area contributed by atoms with E-state index < -0.39 is 0 Å². The van der Waals surface area contributed by atoms with E-state index in [2.05, 4.69) is 28.1 Å². The van der Waals surface area contributed by atoms with Crippen LogP contribution in [-0.4, -0.2) is 11.8 Å². The molecule has 0 saturated carbocycles. The van der Waals surface area contributed by atoms with Gasteiger partial charge in [0.25, 0.3) is 0 Å². The standard InChI is InChI=1S/C15H15BrFNS/c16-12-4-1-3-11(7-12)8-14(18)10-19-15-6-2-5-13(17)9-15/h1-7,9,14H,8,10,18H2. The van der Waals surface area contributed by atoms with E-state index >= 15 is 0 Å². The Morgan fingerprint density at radius 2 is 1.95 bits per heavy atom. The van der Waals surface area contributed by atoms with Crippen LogP contribution in [0.15, 0.2) is 57.9 Å². The van der Waals surface area contributed by atoms with Crippen molar-refractivity contribution >= 4 is 27.7 Å². The zero-order valence-electron chi connectivity index (χ0n) is 10.4. The molecule has 2 aromatic rings. The summed E-state index contributed by atoms with van der Waals surface area (Å²) in [4.78, 5) is 0.921. The van der Waals surface area contributed by atoms with E-state index in [4.69, 9.17) is 5.73 Å². The van der Waals surface area contributed by atoms with Gasteiger partial charge in [0.2, 0.25) is 0 Å². The van der Waals surface area contributed by atoms with Crippen molar-refractivity contribution < 1.29 is 4.39 Å². The first kappa shape index (κ1) is 14.6. The highest BCUT2D eigenvalue weighted by Crippen LogP contribution is 2.20. The van der Waals surface area contributed by atoms with Crippen molar-refractivity contribution in [3.05, 3.63) is 64.4 Å². The molecule has 100 valence electrons. The molecule has 0 amide bonds. The van der Waals surface area contributed by atoms with Crippen molar-refractivity contribution in [3.8, 4) is 0 Å². The van der Waals surface area contributed by atoms with Crippen LogP contribution in [0.2, 0.25) is 0 Å². The third kappa shape index (κ3) is 4.97. The molecule has 1 atom stereocenters. The highest BCUT2D eigenvalue weighted by Gasteiger charge is 2.06. The fraction of sp³-hybridized carbons (Fsp3) is 0.200. The fourth-order valence-electron chi connectivity index (χ4n) is 1.79. The van der Waals surface area contributed by atoms with Gasteiger partial charge in [-0.15, -0.1) is 11.8 Å². The van der Waals surface area contributed by atoms with Crippen molar-refractivity contribution in [2.75, 3.05) is 5.75 Å². The van der Waals surface area contributed by atoms with E-state index in [0.717, 1.165) is 21.5 Å². The van der Waals surface area contributed by atoms with Crippen LogP contribution in [0.4, 0.5) is 4.39 Å². The number of nitrogens with two attached hydrogens (primary N) is 1. The monoisotopic (exact) mass is 339 g/mol. The molecule has 19 heavy (non-hydrogen) atoms. The summed E-state index contributed by atoms with van der Waals surface area (Å²) in [6, 6.07) is 14.8. The number of thioether (sulfide) groups is 1. The summed E-state index contributed by atoms with van der Waals surface area (Å²) in [6.07, 6.45) is 0.821. The molecule has 2 N–H and O–H groups in total. The zero-order chi connectivity index (χ0) is 13.7. The molecule has 2 aromatic carbocycles. The van der Waals surface area contributed by atoms with Gasteiger partial charge < -0.3 is 5.73 Å². The van der Waals surface area contributed by atoms with Crippen molar-refractivity contribution in [3.63, 3.8) is 0 Å². The maximum atomic E-state index is 13.0. The van der Waals surface area contributed by atoms with Gasteiger partial charge in [-0.25, -0.2) is 4.39 Å². The van der Waals surface area contributed by atoms with Crippen molar-refractivity contribution in [2.45, 2.75) is 17.4 Å². The van der Waals surface area contributed by atoms with E-state index in [-0.39, 0.29) is 11.9 Å². The molecule has 0 aliphatic carbocycles. The summed E-state index contributed by atoms with van der Waals surface area (Å²) >= 11 is 5.04. The highest BCUT2D eigenvalue weighted by atomic mass is 79.9. The molecule has 0 bridgehead atoms. The largest absolute Gasteiger partial charge is 0.327 e. The zero-order valence-corrected chi connectivity index (χ0v) is 12.8. The quantitative estimate of drug-likeness (QED) is 0.824. The minimum absolute atomic E-state index is 0.0579. The lowest BCUT2D eigenvalue weighted by Gasteiger charge is -2.11. The average molecular weight is 340 g/mol. The normalized spacial score (nSPS) is 12.4. The molecular formula is C15H15BrFNS. The molecule has 0 aliphatic heterocycles. The molecule has 0 aliphatic rings. The van der Waals surface area contributed by atoms with Gasteiger partial charge in [-0.1, -0.05) is 34.1 Å². The average Bonchev–Trinajstić information content (AvgIpc) is 2.36. The lowest BCUT2D eigenvalue weighted by molar-refractivity contribution is 0.624.